The first-order valence-corrected chi connectivity index (χ1v) is 8.66. The Balaban J connectivity index is 2.50. The van der Waals surface area contributed by atoms with E-state index in [0.717, 1.165) is 48.5 Å². The van der Waals surface area contributed by atoms with E-state index in [1.807, 2.05) is 11.7 Å². The predicted octanol–water partition coefficient (Wildman–Crippen LogP) is 3.94. The van der Waals surface area contributed by atoms with E-state index in [1.165, 1.54) is 12.8 Å². The van der Waals surface area contributed by atoms with Gasteiger partial charge in [0.1, 0.15) is 11.3 Å². The first-order chi connectivity index (χ1) is 10.2. The van der Waals surface area contributed by atoms with Gasteiger partial charge >= 0.3 is 0 Å². The van der Waals surface area contributed by atoms with E-state index in [9.17, 15) is 0 Å². The molecule has 2 aromatic rings. The summed E-state index contributed by atoms with van der Waals surface area (Å²) in [5.74, 6) is 2.40. The van der Waals surface area contributed by atoms with Gasteiger partial charge in [0.05, 0.1) is 5.69 Å². The minimum atomic E-state index is 0.614. The second kappa shape index (κ2) is 7.30. The Labute approximate surface area is 132 Å². The standard InChI is InChI=1S/C16H27ClN4/c1-5-8-13-15-16(20(4)19-13)21(11-12(6-2)7-3)14(18-15)9-10-17/h12H,5-11H2,1-4H3. The molecule has 2 rings (SSSR count). The SMILES string of the molecule is CCCc1nn(C)c2c1nc(CCCl)n2CC(CC)CC. The van der Waals surface area contributed by atoms with Crippen LogP contribution < -0.4 is 0 Å². The molecule has 0 spiro atoms. The molecule has 0 aliphatic heterocycles. The molecule has 0 amide bonds. The molecule has 0 radical (unpaired) electrons. The third-order valence-corrected chi connectivity index (χ3v) is 4.46. The molecule has 0 unspecified atom stereocenters. The molecule has 0 bridgehead atoms. The Bertz CT molecular complexity index is 581. The van der Waals surface area contributed by atoms with E-state index < -0.39 is 0 Å². The largest absolute Gasteiger partial charge is 0.313 e. The molecule has 0 atom stereocenters. The molecular weight excluding hydrogens is 284 g/mol. The van der Waals surface area contributed by atoms with Crippen LogP contribution in [-0.4, -0.2) is 25.2 Å². The summed E-state index contributed by atoms with van der Waals surface area (Å²) in [6.07, 6.45) is 5.28. The molecule has 0 saturated carbocycles. The summed E-state index contributed by atoms with van der Waals surface area (Å²) < 4.78 is 4.34. The number of aromatic nitrogens is 4. The molecule has 118 valence electrons. The van der Waals surface area contributed by atoms with Crippen molar-refractivity contribution in [2.45, 2.75) is 59.4 Å². The number of halogens is 1. The van der Waals surface area contributed by atoms with Gasteiger partial charge in [-0.05, 0) is 12.3 Å². The number of alkyl halides is 1. The van der Waals surface area contributed by atoms with Crippen molar-refractivity contribution >= 4 is 22.8 Å². The lowest BCUT2D eigenvalue weighted by atomic mass is 10.0. The smallest absolute Gasteiger partial charge is 0.158 e. The molecule has 2 heterocycles. The Hall–Kier alpha value is -1.03. The number of imidazole rings is 1. The number of rotatable bonds is 8. The molecule has 0 saturated heterocycles. The summed E-state index contributed by atoms with van der Waals surface area (Å²) >= 11 is 5.97. The van der Waals surface area contributed by atoms with Crippen LogP contribution in [0.2, 0.25) is 0 Å². The van der Waals surface area contributed by atoms with Gasteiger partial charge in [0.25, 0.3) is 0 Å². The fourth-order valence-electron chi connectivity index (χ4n) is 2.96. The molecule has 21 heavy (non-hydrogen) atoms. The van der Waals surface area contributed by atoms with Crippen LogP contribution in [0.1, 0.15) is 51.6 Å². The van der Waals surface area contributed by atoms with Crippen LogP contribution in [-0.2, 0) is 26.4 Å². The summed E-state index contributed by atoms with van der Waals surface area (Å²) in [5.41, 5.74) is 3.35. The lowest BCUT2D eigenvalue weighted by Gasteiger charge is -2.16. The predicted molar refractivity (Wildman–Crippen MR) is 89.0 cm³/mol. The van der Waals surface area contributed by atoms with E-state index in [2.05, 4.69) is 30.4 Å². The Morgan fingerprint density at radius 2 is 1.86 bits per heavy atom. The lowest BCUT2D eigenvalue weighted by Crippen LogP contribution is -2.14. The highest BCUT2D eigenvalue weighted by Gasteiger charge is 2.20. The minimum absolute atomic E-state index is 0.614. The Morgan fingerprint density at radius 1 is 1.14 bits per heavy atom. The first-order valence-electron chi connectivity index (χ1n) is 8.13. The van der Waals surface area contributed by atoms with Crippen molar-refractivity contribution in [3.63, 3.8) is 0 Å². The zero-order chi connectivity index (χ0) is 15.4. The molecule has 0 N–H and O–H groups in total. The molecule has 0 fully saturated rings. The highest BCUT2D eigenvalue weighted by molar-refractivity contribution is 6.17. The van der Waals surface area contributed by atoms with Crippen molar-refractivity contribution in [1.82, 2.24) is 19.3 Å². The molecule has 0 aromatic carbocycles. The summed E-state index contributed by atoms with van der Waals surface area (Å²) in [5, 5.41) is 4.66. The van der Waals surface area contributed by atoms with Crippen LogP contribution >= 0.6 is 11.6 Å². The van der Waals surface area contributed by atoms with Gasteiger partial charge < -0.3 is 4.57 Å². The van der Waals surface area contributed by atoms with Crippen molar-refractivity contribution in [3.8, 4) is 0 Å². The van der Waals surface area contributed by atoms with Gasteiger partial charge in [-0.2, -0.15) is 5.10 Å². The highest BCUT2D eigenvalue weighted by atomic mass is 35.5. The molecule has 0 aliphatic carbocycles. The maximum Gasteiger partial charge on any atom is 0.158 e. The van der Waals surface area contributed by atoms with E-state index in [1.54, 1.807) is 0 Å². The van der Waals surface area contributed by atoms with Crippen LogP contribution in [0.4, 0.5) is 0 Å². The Kier molecular flexibility index (Phi) is 5.68. The monoisotopic (exact) mass is 310 g/mol. The van der Waals surface area contributed by atoms with Gasteiger partial charge in [-0.25, -0.2) is 4.98 Å². The summed E-state index contributed by atoms with van der Waals surface area (Å²) in [4.78, 5) is 4.86. The van der Waals surface area contributed by atoms with Crippen molar-refractivity contribution in [2.24, 2.45) is 13.0 Å². The van der Waals surface area contributed by atoms with Gasteiger partial charge in [-0.3, -0.25) is 4.68 Å². The minimum Gasteiger partial charge on any atom is -0.313 e. The highest BCUT2D eigenvalue weighted by Crippen LogP contribution is 2.24. The lowest BCUT2D eigenvalue weighted by molar-refractivity contribution is 0.414. The van der Waals surface area contributed by atoms with E-state index in [-0.39, 0.29) is 0 Å². The van der Waals surface area contributed by atoms with Gasteiger partial charge in [-0.1, -0.05) is 40.0 Å². The van der Waals surface area contributed by atoms with Crippen molar-refractivity contribution in [3.05, 3.63) is 11.5 Å². The average molecular weight is 311 g/mol. The van der Waals surface area contributed by atoms with Crippen LogP contribution in [0.25, 0.3) is 11.2 Å². The van der Waals surface area contributed by atoms with Gasteiger partial charge in [0.2, 0.25) is 0 Å². The van der Waals surface area contributed by atoms with Crippen LogP contribution in [0, 0.1) is 5.92 Å². The van der Waals surface area contributed by atoms with E-state index in [4.69, 9.17) is 16.6 Å². The maximum absolute atomic E-state index is 5.97. The summed E-state index contributed by atoms with van der Waals surface area (Å²) in [6.45, 7) is 7.72. The average Bonchev–Trinajstić information content (AvgIpc) is 2.96. The number of hydrogen-bond donors (Lipinski definition) is 0. The summed E-state index contributed by atoms with van der Waals surface area (Å²) in [7, 11) is 2.02. The maximum atomic E-state index is 5.97. The molecule has 4 nitrogen and oxygen atoms in total. The number of hydrogen-bond acceptors (Lipinski definition) is 2. The zero-order valence-corrected chi connectivity index (χ0v) is 14.4. The zero-order valence-electron chi connectivity index (χ0n) is 13.7. The third-order valence-electron chi connectivity index (χ3n) is 4.27. The topological polar surface area (TPSA) is 35.6 Å². The van der Waals surface area contributed by atoms with Crippen molar-refractivity contribution in [2.75, 3.05) is 5.88 Å². The van der Waals surface area contributed by atoms with Gasteiger partial charge in [0.15, 0.2) is 5.65 Å². The van der Waals surface area contributed by atoms with Gasteiger partial charge in [0, 0.05) is 25.9 Å². The van der Waals surface area contributed by atoms with Crippen LogP contribution in [0.15, 0.2) is 0 Å². The van der Waals surface area contributed by atoms with E-state index in [0.29, 0.717) is 11.8 Å². The van der Waals surface area contributed by atoms with Crippen molar-refractivity contribution in [1.29, 1.82) is 0 Å². The number of nitrogens with zero attached hydrogens (tertiary/aromatic N) is 4. The normalized spacial score (nSPS) is 11.9. The second-order valence-electron chi connectivity index (χ2n) is 5.75. The molecule has 0 aliphatic rings. The fraction of sp³-hybridized carbons (Fsp3) is 0.750. The molecular formula is C16H27ClN4. The van der Waals surface area contributed by atoms with Gasteiger partial charge in [-0.15, -0.1) is 11.6 Å². The Morgan fingerprint density at radius 3 is 2.43 bits per heavy atom. The quantitative estimate of drug-likeness (QED) is 0.692. The fourth-order valence-corrected chi connectivity index (χ4v) is 3.13. The molecule has 2 aromatic heterocycles. The molecule has 5 heteroatoms. The van der Waals surface area contributed by atoms with Crippen LogP contribution in [0.3, 0.4) is 0 Å². The van der Waals surface area contributed by atoms with Crippen molar-refractivity contribution < 1.29 is 0 Å². The number of aryl methyl sites for hydroxylation is 3. The van der Waals surface area contributed by atoms with Crippen LogP contribution in [0.5, 0.6) is 0 Å². The third kappa shape index (κ3) is 3.25. The number of fused-ring (bicyclic) bond motifs is 1. The van der Waals surface area contributed by atoms with E-state index >= 15 is 0 Å². The second-order valence-corrected chi connectivity index (χ2v) is 6.13. The summed E-state index contributed by atoms with van der Waals surface area (Å²) in [6, 6.07) is 0. The first kappa shape index (κ1) is 16.3.